The topological polar surface area (TPSA) is 31.8 Å². The second kappa shape index (κ2) is 7.60. The van der Waals surface area contributed by atoms with Gasteiger partial charge in [0, 0.05) is 57.1 Å². The van der Waals surface area contributed by atoms with E-state index < -0.39 is 0 Å². The summed E-state index contributed by atoms with van der Waals surface area (Å²) in [6.07, 6.45) is 1.21. The Hall–Kier alpha value is -1.17. The monoisotopic (exact) mass is 318 g/mol. The van der Waals surface area contributed by atoms with Gasteiger partial charge in [-0.15, -0.1) is 0 Å². The van der Waals surface area contributed by atoms with Crippen molar-refractivity contribution in [2.45, 2.75) is 19.9 Å². The van der Waals surface area contributed by atoms with Crippen molar-refractivity contribution >= 4 is 5.82 Å². The van der Waals surface area contributed by atoms with Gasteiger partial charge in [0.2, 0.25) is 0 Å². The van der Waals surface area contributed by atoms with E-state index in [0.29, 0.717) is 5.92 Å². The molecule has 1 aromatic rings. The summed E-state index contributed by atoms with van der Waals surface area (Å²) in [5.41, 5.74) is 2.47. The third-order valence-electron chi connectivity index (χ3n) is 4.83. The lowest BCUT2D eigenvalue weighted by Gasteiger charge is -2.26. The number of hydrogen-bond donors (Lipinski definition) is 0. The number of likely N-dealkylation sites (N-methyl/N-ethyl adjacent to an activating group) is 1. The van der Waals surface area contributed by atoms with Crippen LogP contribution in [-0.2, 0) is 11.3 Å². The Morgan fingerprint density at radius 1 is 1.30 bits per heavy atom. The molecular formula is C18H30N4O. The predicted octanol–water partition coefficient (Wildman–Crippen LogP) is 1.61. The molecule has 0 aromatic carbocycles. The van der Waals surface area contributed by atoms with Crippen LogP contribution in [0.15, 0.2) is 12.1 Å². The molecule has 0 radical (unpaired) electrons. The van der Waals surface area contributed by atoms with Gasteiger partial charge in [0.25, 0.3) is 0 Å². The molecule has 1 atom stereocenters. The minimum absolute atomic E-state index is 0.699. The Morgan fingerprint density at radius 2 is 2.17 bits per heavy atom. The van der Waals surface area contributed by atoms with Crippen molar-refractivity contribution < 1.29 is 4.74 Å². The van der Waals surface area contributed by atoms with Crippen molar-refractivity contribution in [3.8, 4) is 0 Å². The van der Waals surface area contributed by atoms with Gasteiger partial charge in [-0.25, -0.2) is 4.98 Å². The van der Waals surface area contributed by atoms with Gasteiger partial charge in [0.05, 0.1) is 6.61 Å². The molecule has 0 aliphatic carbocycles. The fourth-order valence-electron chi connectivity index (χ4n) is 3.44. The van der Waals surface area contributed by atoms with Gasteiger partial charge >= 0.3 is 0 Å². The summed E-state index contributed by atoms with van der Waals surface area (Å²) in [7, 11) is 4.27. The molecule has 0 bridgehead atoms. The highest BCUT2D eigenvalue weighted by molar-refractivity contribution is 5.48. The fourth-order valence-corrected chi connectivity index (χ4v) is 3.44. The highest BCUT2D eigenvalue weighted by Crippen LogP contribution is 2.25. The lowest BCUT2D eigenvalue weighted by molar-refractivity contribution is 0.166. The summed E-state index contributed by atoms with van der Waals surface area (Å²) in [6, 6.07) is 4.41. The maximum Gasteiger partial charge on any atom is 0.133 e. The molecule has 128 valence electrons. The Kier molecular flexibility index (Phi) is 5.51. The smallest absolute Gasteiger partial charge is 0.133 e. The lowest BCUT2D eigenvalue weighted by Crippen LogP contribution is -2.37. The standard InChI is InChI=1S/C18H30N4O/c1-15-4-5-17-13-21(12-16-6-11-23-14-16)8-10-22(18(17)19-15)9-7-20(2)3/h4-5,16H,6-14H2,1-3H3. The molecule has 1 aromatic heterocycles. The minimum atomic E-state index is 0.699. The Balaban J connectivity index is 1.73. The summed E-state index contributed by atoms with van der Waals surface area (Å²) in [6.45, 7) is 10.4. The minimum Gasteiger partial charge on any atom is -0.381 e. The average Bonchev–Trinajstić information content (AvgIpc) is 2.95. The number of fused-ring (bicyclic) bond motifs is 1. The molecule has 1 unspecified atom stereocenters. The molecule has 1 fully saturated rings. The molecule has 5 nitrogen and oxygen atoms in total. The SMILES string of the molecule is Cc1ccc2c(n1)N(CCN(C)C)CCN(CC1CCOC1)C2. The first kappa shape index (κ1) is 16.7. The van der Waals surface area contributed by atoms with E-state index in [0.717, 1.165) is 58.2 Å². The molecule has 3 rings (SSSR count). The van der Waals surface area contributed by atoms with Crippen LogP contribution in [0.3, 0.4) is 0 Å². The molecular weight excluding hydrogens is 288 g/mol. The highest BCUT2D eigenvalue weighted by Gasteiger charge is 2.24. The molecule has 1 saturated heterocycles. The fraction of sp³-hybridized carbons (Fsp3) is 0.722. The van der Waals surface area contributed by atoms with E-state index in [4.69, 9.17) is 9.72 Å². The quantitative estimate of drug-likeness (QED) is 0.823. The first-order valence-corrected chi connectivity index (χ1v) is 8.78. The van der Waals surface area contributed by atoms with Gasteiger partial charge in [0.1, 0.15) is 5.82 Å². The van der Waals surface area contributed by atoms with Crippen LogP contribution in [0, 0.1) is 12.8 Å². The van der Waals surface area contributed by atoms with Gasteiger partial charge in [-0.2, -0.15) is 0 Å². The largest absolute Gasteiger partial charge is 0.381 e. The van der Waals surface area contributed by atoms with Gasteiger partial charge < -0.3 is 14.5 Å². The van der Waals surface area contributed by atoms with Crippen molar-refractivity contribution in [2.24, 2.45) is 5.92 Å². The molecule has 23 heavy (non-hydrogen) atoms. The highest BCUT2D eigenvalue weighted by atomic mass is 16.5. The van der Waals surface area contributed by atoms with E-state index in [1.165, 1.54) is 17.8 Å². The van der Waals surface area contributed by atoms with Crippen LogP contribution in [0.2, 0.25) is 0 Å². The van der Waals surface area contributed by atoms with Crippen molar-refractivity contribution in [3.63, 3.8) is 0 Å². The number of ether oxygens (including phenoxy) is 1. The van der Waals surface area contributed by atoms with Gasteiger partial charge in [0.15, 0.2) is 0 Å². The van der Waals surface area contributed by atoms with E-state index in [1.54, 1.807) is 0 Å². The zero-order valence-corrected chi connectivity index (χ0v) is 14.8. The zero-order chi connectivity index (χ0) is 16.2. The number of nitrogens with zero attached hydrogens (tertiary/aromatic N) is 4. The number of pyridine rings is 1. The Labute approximate surface area is 140 Å². The molecule has 0 amide bonds. The van der Waals surface area contributed by atoms with Crippen LogP contribution in [-0.4, -0.2) is 74.8 Å². The van der Waals surface area contributed by atoms with E-state index in [9.17, 15) is 0 Å². The molecule has 0 spiro atoms. The Bertz CT molecular complexity index is 514. The number of hydrogen-bond acceptors (Lipinski definition) is 5. The van der Waals surface area contributed by atoms with E-state index >= 15 is 0 Å². The number of aromatic nitrogens is 1. The first-order chi connectivity index (χ1) is 11.1. The molecule has 0 saturated carbocycles. The first-order valence-electron chi connectivity index (χ1n) is 8.78. The summed E-state index contributed by atoms with van der Waals surface area (Å²) in [5, 5.41) is 0. The summed E-state index contributed by atoms with van der Waals surface area (Å²) in [4.78, 5) is 12.2. The lowest BCUT2D eigenvalue weighted by atomic mass is 10.1. The van der Waals surface area contributed by atoms with Crippen LogP contribution < -0.4 is 4.90 Å². The molecule has 2 aliphatic rings. The van der Waals surface area contributed by atoms with Crippen LogP contribution in [0.1, 0.15) is 17.7 Å². The van der Waals surface area contributed by atoms with Crippen LogP contribution in [0.5, 0.6) is 0 Å². The number of rotatable bonds is 5. The second-order valence-corrected chi connectivity index (χ2v) is 7.19. The molecule has 3 heterocycles. The van der Waals surface area contributed by atoms with Crippen molar-refractivity contribution in [1.82, 2.24) is 14.8 Å². The Morgan fingerprint density at radius 3 is 2.91 bits per heavy atom. The maximum absolute atomic E-state index is 5.55. The van der Waals surface area contributed by atoms with Crippen LogP contribution >= 0.6 is 0 Å². The molecule has 2 aliphatic heterocycles. The second-order valence-electron chi connectivity index (χ2n) is 7.19. The summed E-state index contributed by atoms with van der Waals surface area (Å²) in [5.74, 6) is 1.89. The van der Waals surface area contributed by atoms with Gasteiger partial charge in [-0.3, -0.25) is 4.90 Å². The third kappa shape index (κ3) is 4.43. The predicted molar refractivity (Wildman–Crippen MR) is 93.9 cm³/mol. The zero-order valence-electron chi connectivity index (χ0n) is 14.8. The molecule has 0 N–H and O–H groups in total. The van der Waals surface area contributed by atoms with E-state index in [2.05, 4.69) is 47.9 Å². The normalized spacial score (nSPS) is 22.4. The molecule has 5 heteroatoms. The number of aryl methyl sites for hydroxylation is 1. The summed E-state index contributed by atoms with van der Waals surface area (Å²) >= 11 is 0. The third-order valence-corrected chi connectivity index (χ3v) is 4.83. The van der Waals surface area contributed by atoms with Crippen molar-refractivity contribution in [2.75, 3.05) is 64.9 Å². The summed E-state index contributed by atoms with van der Waals surface area (Å²) < 4.78 is 5.55. The van der Waals surface area contributed by atoms with Crippen molar-refractivity contribution in [1.29, 1.82) is 0 Å². The van der Waals surface area contributed by atoms with Crippen LogP contribution in [0.25, 0.3) is 0 Å². The van der Waals surface area contributed by atoms with E-state index in [-0.39, 0.29) is 0 Å². The number of anilines is 1. The van der Waals surface area contributed by atoms with Gasteiger partial charge in [-0.1, -0.05) is 6.07 Å². The average molecular weight is 318 g/mol. The van der Waals surface area contributed by atoms with Crippen LogP contribution in [0.4, 0.5) is 5.82 Å². The van der Waals surface area contributed by atoms with Gasteiger partial charge in [-0.05, 0) is 39.4 Å². The van der Waals surface area contributed by atoms with Crippen molar-refractivity contribution in [3.05, 3.63) is 23.4 Å². The maximum atomic E-state index is 5.55. The van der Waals surface area contributed by atoms with E-state index in [1.807, 2.05) is 0 Å².